The minimum Gasteiger partial charge on any atom is -0.494 e. The van der Waals surface area contributed by atoms with Crippen LogP contribution >= 0.6 is 0 Å². The number of benzene rings is 2. The van der Waals surface area contributed by atoms with Crippen LogP contribution in [0.4, 0.5) is 0 Å². The Morgan fingerprint density at radius 2 is 1.67 bits per heavy atom. The first kappa shape index (κ1) is 12.7. The van der Waals surface area contributed by atoms with Gasteiger partial charge in [0.1, 0.15) is 5.75 Å². The Hall–Kier alpha value is -1.76. The number of hydrogen-bond acceptors (Lipinski definition) is 1. The zero-order chi connectivity index (χ0) is 12.8. The van der Waals surface area contributed by atoms with E-state index in [0.717, 1.165) is 12.2 Å². The molecular weight excluding hydrogens is 220 g/mol. The fourth-order valence-electron chi connectivity index (χ4n) is 2.09. The molecule has 0 aliphatic rings. The third-order valence-electron chi connectivity index (χ3n) is 3.10. The van der Waals surface area contributed by atoms with E-state index in [9.17, 15) is 0 Å². The van der Waals surface area contributed by atoms with Gasteiger partial charge < -0.3 is 4.74 Å². The minimum atomic E-state index is 0.472. The van der Waals surface area contributed by atoms with E-state index >= 15 is 0 Å². The summed E-state index contributed by atoms with van der Waals surface area (Å²) < 4.78 is 5.34. The Bertz CT molecular complexity index is 459. The summed E-state index contributed by atoms with van der Waals surface area (Å²) in [6.45, 7) is 6.40. The SMILES string of the molecule is [CH2]COc1ccc(CC(C)c2ccccc2)cc1. The molecule has 1 unspecified atom stereocenters. The van der Waals surface area contributed by atoms with Gasteiger partial charge in [-0.3, -0.25) is 0 Å². The second kappa shape index (κ2) is 6.25. The molecule has 0 saturated carbocycles. The maximum absolute atomic E-state index is 5.34. The van der Waals surface area contributed by atoms with Gasteiger partial charge in [-0.15, -0.1) is 0 Å². The molecule has 0 spiro atoms. The lowest BCUT2D eigenvalue weighted by atomic mass is 9.94. The van der Waals surface area contributed by atoms with Gasteiger partial charge in [-0.1, -0.05) is 49.4 Å². The molecule has 0 aromatic heterocycles. The van der Waals surface area contributed by atoms with E-state index in [-0.39, 0.29) is 0 Å². The Morgan fingerprint density at radius 1 is 1.00 bits per heavy atom. The van der Waals surface area contributed by atoms with Gasteiger partial charge in [-0.25, -0.2) is 0 Å². The van der Waals surface area contributed by atoms with Crippen LogP contribution in [0.1, 0.15) is 24.0 Å². The van der Waals surface area contributed by atoms with Crippen LogP contribution in [0.25, 0.3) is 0 Å². The van der Waals surface area contributed by atoms with Crippen molar-refractivity contribution in [1.82, 2.24) is 0 Å². The molecule has 0 amide bonds. The summed E-state index contributed by atoms with van der Waals surface area (Å²) >= 11 is 0. The summed E-state index contributed by atoms with van der Waals surface area (Å²) in [5.41, 5.74) is 2.72. The fraction of sp³-hybridized carbons (Fsp3) is 0.235. The summed E-state index contributed by atoms with van der Waals surface area (Å²) in [5.74, 6) is 1.42. The number of hydrogen-bond donors (Lipinski definition) is 0. The molecule has 0 N–H and O–H groups in total. The smallest absolute Gasteiger partial charge is 0.119 e. The van der Waals surface area contributed by atoms with E-state index in [1.165, 1.54) is 11.1 Å². The van der Waals surface area contributed by atoms with E-state index in [1.54, 1.807) is 0 Å². The average molecular weight is 239 g/mol. The molecule has 0 saturated heterocycles. The monoisotopic (exact) mass is 239 g/mol. The Balaban J connectivity index is 2.01. The fourth-order valence-corrected chi connectivity index (χ4v) is 2.09. The van der Waals surface area contributed by atoms with Crippen LogP contribution < -0.4 is 4.74 Å². The molecule has 2 rings (SSSR count). The number of rotatable bonds is 5. The molecule has 93 valence electrons. The summed E-state index contributed by atoms with van der Waals surface area (Å²) in [4.78, 5) is 0. The molecule has 18 heavy (non-hydrogen) atoms. The molecule has 1 nitrogen and oxygen atoms in total. The highest BCUT2D eigenvalue weighted by molar-refractivity contribution is 5.29. The maximum Gasteiger partial charge on any atom is 0.119 e. The van der Waals surface area contributed by atoms with Crippen LogP contribution in [0.2, 0.25) is 0 Å². The van der Waals surface area contributed by atoms with Gasteiger partial charge in [0, 0.05) is 0 Å². The van der Waals surface area contributed by atoms with Gasteiger partial charge in [-0.2, -0.15) is 0 Å². The van der Waals surface area contributed by atoms with Crippen LogP contribution in [0.5, 0.6) is 5.75 Å². The lowest BCUT2D eigenvalue weighted by molar-refractivity contribution is 0.361. The molecule has 1 heteroatoms. The predicted molar refractivity (Wildman–Crippen MR) is 75.9 cm³/mol. The zero-order valence-corrected chi connectivity index (χ0v) is 10.8. The topological polar surface area (TPSA) is 9.23 Å². The van der Waals surface area contributed by atoms with E-state index in [2.05, 4.69) is 56.3 Å². The predicted octanol–water partition coefficient (Wildman–Crippen LogP) is 4.25. The molecule has 0 aliphatic heterocycles. The third-order valence-corrected chi connectivity index (χ3v) is 3.10. The first-order valence-corrected chi connectivity index (χ1v) is 6.35. The first-order chi connectivity index (χ1) is 8.79. The lowest BCUT2D eigenvalue weighted by Gasteiger charge is -2.12. The second-order valence-corrected chi connectivity index (χ2v) is 4.51. The molecule has 0 heterocycles. The molecule has 0 fully saturated rings. The van der Waals surface area contributed by atoms with Gasteiger partial charge in [-0.05, 0) is 42.5 Å². The van der Waals surface area contributed by atoms with E-state index in [1.807, 2.05) is 12.1 Å². The molecular formula is C17H19O. The van der Waals surface area contributed by atoms with Crippen molar-refractivity contribution >= 4 is 0 Å². The van der Waals surface area contributed by atoms with Crippen molar-refractivity contribution in [1.29, 1.82) is 0 Å². The van der Waals surface area contributed by atoms with Crippen molar-refractivity contribution < 1.29 is 4.74 Å². The molecule has 1 atom stereocenters. The molecule has 0 bridgehead atoms. The summed E-state index contributed by atoms with van der Waals surface area (Å²) in [7, 11) is 0. The second-order valence-electron chi connectivity index (χ2n) is 4.51. The van der Waals surface area contributed by atoms with Crippen molar-refractivity contribution in [3.8, 4) is 5.75 Å². The summed E-state index contributed by atoms with van der Waals surface area (Å²) in [6, 6.07) is 18.9. The molecule has 0 aliphatic carbocycles. The van der Waals surface area contributed by atoms with E-state index in [0.29, 0.717) is 12.5 Å². The molecule has 2 aromatic carbocycles. The highest BCUT2D eigenvalue weighted by Crippen LogP contribution is 2.21. The van der Waals surface area contributed by atoms with E-state index < -0.39 is 0 Å². The van der Waals surface area contributed by atoms with Crippen molar-refractivity contribution in [2.45, 2.75) is 19.3 Å². The van der Waals surface area contributed by atoms with Crippen molar-refractivity contribution in [3.63, 3.8) is 0 Å². The average Bonchev–Trinajstić information content (AvgIpc) is 2.42. The molecule has 1 radical (unpaired) electrons. The largest absolute Gasteiger partial charge is 0.494 e. The van der Waals surface area contributed by atoms with Gasteiger partial charge in [0.2, 0.25) is 0 Å². The van der Waals surface area contributed by atoms with Crippen LogP contribution in [0.15, 0.2) is 54.6 Å². The third kappa shape index (κ3) is 3.36. The Labute approximate surface area is 109 Å². The minimum absolute atomic E-state index is 0.472. The van der Waals surface area contributed by atoms with Crippen LogP contribution in [0.3, 0.4) is 0 Å². The van der Waals surface area contributed by atoms with E-state index in [4.69, 9.17) is 4.74 Å². The Kier molecular flexibility index (Phi) is 4.40. The number of ether oxygens (including phenoxy) is 1. The lowest BCUT2D eigenvalue weighted by Crippen LogP contribution is -1.98. The van der Waals surface area contributed by atoms with Gasteiger partial charge in [0.05, 0.1) is 6.61 Å². The summed E-state index contributed by atoms with van der Waals surface area (Å²) in [6.07, 6.45) is 1.05. The van der Waals surface area contributed by atoms with Gasteiger partial charge >= 0.3 is 0 Å². The zero-order valence-electron chi connectivity index (χ0n) is 10.8. The quantitative estimate of drug-likeness (QED) is 0.758. The van der Waals surface area contributed by atoms with Crippen molar-refractivity contribution in [2.75, 3.05) is 6.61 Å². The highest BCUT2D eigenvalue weighted by atomic mass is 16.5. The first-order valence-electron chi connectivity index (χ1n) is 6.35. The van der Waals surface area contributed by atoms with Crippen LogP contribution in [0, 0.1) is 6.92 Å². The Morgan fingerprint density at radius 3 is 2.28 bits per heavy atom. The summed E-state index contributed by atoms with van der Waals surface area (Å²) in [5, 5.41) is 0. The van der Waals surface area contributed by atoms with Gasteiger partial charge in [0.15, 0.2) is 0 Å². The standard InChI is InChI=1S/C17H19O/c1-3-18-17-11-9-15(10-12-17)13-14(2)16-7-5-4-6-8-16/h4-12,14H,1,3,13H2,2H3. The van der Waals surface area contributed by atoms with Crippen molar-refractivity contribution in [3.05, 3.63) is 72.6 Å². The van der Waals surface area contributed by atoms with Crippen molar-refractivity contribution in [2.24, 2.45) is 0 Å². The van der Waals surface area contributed by atoms with Gasteiger partial charge in [0.25, 0.3) is 0 Å². The van der Waals surface area contributed by atoms with Crippen LogP contribution in [-0.4, -0.2) is 6.61 Å². The molecule has 2 aromatic rings. The van der Waals surface area contributed by atoms with Crippen LogP contribution in [-0.2, 0) is 6.42 Å². The maximum atomic E-state index is 5.34. The highest BCUT2D eigenvalue weighted by Gasteiger charge is 2.06. The normalized spacial score (nSPS) is 12.1.